The SMILES string of the molecule is COc1cc(C(=O)NC2CCc3c([nH]c4ccc(C)cc34)C2)cc(OC)c1OC. The molecule has 1 unspecified atom stereocenters. The van der Waals surface area contributed by atoms with Crippen LogP contribution in [0.1, 0.15) is 33.6 Å². The summed E-state index contributed by atoms with van der Waals surface area (Å²) in [4.78, 5) is 16.4. The lowest BCUT2D eigenvalue weighted by Crippen LogP contribution is -2.38. The fourth-order valence-electron chi connectivity index (χ4n) is 4.15. The summed E-state index contributed by atoms with van der Waals surface area (Å²) in [6.07, 6.45) is 2.64. The Labute approximate surface area is 170 Å². The van der Waals surface area contributed by atoms with Crippen molar-refractivity contribution in [2.24, 2.45) is 0 Å². The van der Waals surface area contributed by atoms with E-state index in [4.69, 9.17) is 14.2 Å². The first kappa shape index (κ1) is 19.2. The highest BCUT2D eigenvalue weighted by atomic mass is 16.5. The predicted molar refractivity (Wildman–Crippen MR) is 112 cm³/mol. The summed E-state index contributed by atoms with van der Waals surface area (Å²) in [5, 5.41) is 4.46. The molecule has 1 heterocycles. The number of carbonyl (C=O) groups is 1. The molecule has 2 N–H and O–H groups in total. The highest BCUT2D eigenvalue weighted by Crippen LogP contribution is 2.38. The molecule has 0 saturated heterocycles. The van der Waals surface area contributed by atoms with Crippen molar-refractivity contribution < 1.29 is 19.0 Å². The highest BCUT2D eigenvalue weighted by molar-refractivity contribution is 5.96. The van der Waals surface area contributed by atoms with Crippen molar-refractivity contribution in [3.05, 3.63) is 52.7 Å². The number of hydrogen-bond donors (Lipinski definition) is 2. The molecule has 1 atom stereocenters. The predicted octanol–water partition coefficient (Wildman–Crippen LogP) is 3.79. The summed E-state index contributed by atoms with van der Waals surface area (Å²) in [6.45, 7) is 2.11. The summed E-state index contributed by atoms with van der Waals surface area (Å²) in [6, 6.07) is 9.91. The second-order valence-electron chi connectivity index (χ2n) is 7.46. The van der Waals surface area contributed by atoms with Crippen LogP contribution in [0.4, 0.5) is 0 Å². The van der Waals surface area contributed by atoms with E-state index in [-0.39, 0.29) is 11.9 Å². The van der Waals surface area contributed by atoms with Crippen LogP contribution in [0.3, 0.4) is 0 Å². The van der Waals surface area contributed by atoms with Gasteiger partial charge in [-0.3, -0.25) is 4.79 Å². The van der Waals surface area contributed by atoms with Crippen LogP contribution < -0.4 is 19.5 Å². The molecule has 0 spiro atoms. The Morgan fingerprint density at radius 3 is 2.45 bits per heavy atom. The van der Waals surface area contributed by atoms with E-state index in [0.29, 0.717) is 22.8 Å². The lowest BCUT2D eigenvalue weighted by Gasteiger charge is -2.24. The van der Waals surface area contributed by atoms with E-state index in [2.05, 4.69) is 35.4 Å². The normalized spacial score (nSPS) is 15.7. The number of methoxy groups -OCH3 is 3. The van der Waals surface area contributed by atoms with Crippen molar-refractivity contribution in [3.8, 4) is 17.2 Å². The molecule has 1 aromatic heterocycles. The van der Waals surface area contributed by atoms with Crippen LogP contribution in [0.25, 0.3) is 10.9 Å². The number of ether oxygens (including phenoxy) is 3. The molecule has 6 nitrogen and oxygen atoms in total. The Kier molecular flexibility index (Phi) is 5.09. The third-order valence-corrected chi connectivity index (χ3v) is 5.61. The number of aromatic amines is 1. The van der Waals surface area contributed by atoms with Crippen molar-refractivity contribution >= 4 is 16.8 Å². The minimum atomic E-state index is -0.148. The topological polar surface area (TPSA) is 72.6 Å². The van der Waals surface area contributed by atoms with Gasteiger partial charge in [0.2, 0.25) is 5.75 Å². The molecule has 1 aliphatic rings. The Hall–Kier alpha value is -3.15. The van der Waals surface area contributed by atoms with Gasteiger partial charge < -0.3 is 24.5 Å². The van der Waals surface area contributed by atoms with Gasteiger partial charge in [-0.2, -0.15) is 0 Å². The summed E-state index contributed by atoms with van der Waals surface area (Å²) >= 11 is 0. The summed E-state index contributed by atoms with van der Waals surface area (Å²) in [7, 11) is 4.63. The van der Waals surface area contributed by atoms with Gasteiger partial charge in [0.25, 0.3) is 5.91 Å². The molecule has 29 heavy (non-hydrogen) atoms. The lowest BCUT2D eigenvalue weighted by atomic mass is 9.91. The molecule has 6 heteroatoms. The van der Waals surface area contributed by atoms with Crippen LogP contribution in [0, 0.1) is 6.92 Å². The quantitative estimate of drug-likeness (QED) is 0.691. The molecule has 0 aliphatic heterocycles. The molecule has 1 aliphatic carbocycles. The number of hydrogen-bond acceptors (Lipinski definition) is 4. The smallest absolute Gasteiger partial charge is 0.251 e. The summed E-state index contributed by atoms with van der Waals surface area (Å²) < 4.78 is 16.1. The molecular weight excluding hydrogens is 368 g/mol. The van der Waals surface area contributed by atoms with Crippen molar-refractivity contribution in [1.29, 1.82) is 0 Å². The fourth-order valence-corrected chi connectivity index (χ4v) is 4.15. The number of nitrogens with one attached hydrogen (secondary N) is 2. The Balaban J connectivity index is 1.55. The van der Waals surface area contributed by atoms with E-state index in [1.807, 2.05) is 0 Å². The van der Waals surface area contributed by atoms with E-state index >= 15 is 0 Å². The van der Waals surface area contributed by atoms with Crippen LogP contribution >= 0.6 is 0 Å². The van der Waals surface area contributed by atoms with Gasteiger partial charge in [0.1, 0.15) is 0 Å². The Morgan fingerprint density at radius 1 is 1.07 bits per heavy atom. The van der Waals surface area contributed by atoms with Gasteiger partial charge in [-0.1, -0.05) is 11.6 Å². The van der Waals surface area contributed by atoms with Gasteiger partial charge >= 0.3 is 0 Å². The van der Waals surface area contributed by atoms with Crippen LogP contribution in [0.5, 0.6) is 17.2 Å². The van der Waals surface area contributed by atoms with E-state index in [1.54, 1.807) is 33.5 Å². The maximum Gasteiger partial charge on any atom is 0.251 e. The van der Waals surface area contributed by atoms with Crippen LogP contribution in [-0.4, -0.2) is 38.3 Å². The van der Waals surface area contributed by atoms with E-state index in [1.165, 1.54) is 22.2 Å². The number of aromatic nitrogens is 1. The monoisotopic (exact) mass is 394 g/mol. The van der Waals surface area contributed by atoms with Gasteiger partial charge in [-0.05, 0) is 49.6 Å². The second-order valence-corrected chi connectivity index (χ2v) is 7.46. The lowest BCUT2D eigenvalue weighted by molar-refractivity contribution is 0.0932. The van der Waals surface area contributed by atoms with Crippen molar-refractivity contribution in [3.63, 3.8) is 0 Å². The summed E-state index contributed by atoms with van der Waals surface area (Å²) in [5.41, 5.74) is 5.50. The zero-order chi connectivity index (χ0) is 20.5. The number of rotatable bonds is 5. The molecule has 3 aromatic rings. The number of fused-ring (bicyclic) bond motifs is 3. The molecule has 0 bridgehead atoms. The largest absolute Gasteiger partial charge is 0.493 e. The van der Waals surface area contributed by atoms with Crippen molar-refractivity contribution in [2.45, 2.75) is 32.2 Å². The van der Waals surface area contributed by atoms with Gasteiger partial charge in [0, 0.05) is 34.6 Å². The average Bonchev–Trinajstić information content (AvgIpc) is 3.09. The zero-order valence-corrected chi connectivity index (χ0v) is 17.2. The van der Waals surface area contributed by atoms with Gasteiger partial charge in [-0.25, -0.2) is 0 Å². The van der Waals surface area contributed by atoms with Crippen LogP contribution in [0.15, 0.2) is 30.3 Å². The first-order valence-electron chi connectivity index (χ1n) is 9.75. The van der Waals surface area contributed by atoms with Crippen molar-refractivity contribution in [1.82, 2.24) is 10.3 Å². The molecule has 0 radical (unpaired) electrons. The Bertz CT molecular complexity index is 1050. The van der Waals surface area contributed by atoms with Crippen LogP contribution in [0.2, 0.25) is 0 Å². The molecule has 2 aromatic carbocycles. The number of aryl methyl sites for hydroxylation is 2. The molecular formula is C23H26N2O4. The maximum absolute atomic E-state index is 12.9. The highest BCUT2D eigenvalue weighted by Gasteiger charge is 2.25. The van der Waals surface area contributed by atoms with Gasteiger partial charge in [0.15, 0.2) is 11.5 Å². The number of H-pyrrole nitrogens is 1. The second kappa shape index (κ2) is 7.70. The number of carbonyl (C=O) groups excluding carboxylic acids is 1. The number of amides is 1. The molecule has 1 amide bonds. The maximum atomic E-state index is 12.9. The van der Waals surface area contributed by atoms with E-state index in [9.17, 15) is 4.79 Å². The van der Waals surface area contributed by atoms with Crippen LogP contribution in [-0.2, 0) is 12.8 Å². The first-order valence-corrected chi connectivity index (χ1v) is 9.75. The zero-order valence-electron chi connectivity index (χ0n) is 17.2. The molecule has 152 valence electrons. The fraction of sp³-hybridized carbons (Fsp3) is 0.348. The summed E-state index contributed by atoms with van der Waals surface area (Å²) in [5.74, 6) is 1.26. The third-order valence-electron chi connectivity index (χ3n) is 5.61. The third kappa shape index (κ3) is 3.50. The van der Waals surface area contributed by atoms with E-state index in [0.717, 1.165) is 24.8 Å². The van der Waals surface area contributed by atoms with E-state index < -0.39 is 0 Å². The molecule has 4 rings (SSSR count). The Morgan fingerprint density at radius 2 is 1.79 bits per heavy atom. The van der Waals surface area contributed by atoms with Gasteiger partial charge in [0.05, 0.1) is 21.3 Å². The molecule has 0 fully saturated rings. The first-order chi connectivity index (χ1) is 14.0. The van der Waals surface area contributed by atoms with Crippen molar-refractivity contribution in [2.75, 3.05) is 21.3 Å². The average molecular weight is 394 g/mol. The minimum Gasteiger partial charge on any atom is -0.493 e. The standard InChI is InChI=1S/C23H26N2O4/c1-13-5-8-18-17(9-13)16-7-6-15(12-19(16)25-18)24-23(26)14-10-20(27-2)22(29-4)21(11-14)28-3/h5,8-11,15,25H,6-7,12H2,1-4H3,(H,24,26). The molecule has 0 saturated carbocycles. The van der Waals surface area contributed by atoms with Gasteiger partial charge in [-0.15, -0.1) is 0 Å². The minimum absolute atomic E-state index is 0.0725. The number of benzene rings is 2.